The van der Waals surface area contributed by atoms with Crippen LogP contribution in [0.2, 0.25) is 0 Å². The summed E-state index contributed by atoms with van der Waals surface area (Å²) in [7, 11) is 0. The van der Waals surface area contributed by atoms with E-state index in [1.165, 1.54) is 12.1 Å². The van der Waals surface area contributed by atoms with Gasteiger partial charge in [-0.25, -0.2) is 4.79 Å². The number of ether oxygens (including phenoxy) is 4. The Bertz CT molecular complexity index is 558. The molecule has 0 aliphatic carbocycles. The number of esters is 1. The van der Waals surface area contributed by atoms with E-state index in [0.29, 0.717) is 37.1 Å². The lowest BCUT2D eigenvalue weighted by molar-refractivity contribution is -0.124. The fourth-order valence-corrected chi connectivity index (χ4v) is 2.08. The standard InChI is InChI=1S/C18H27NO6/c1-6-22-14-9-13(10-15(23-7-2)17(14)24-8-3)18(21)25-11-16(20)19-12(4)5/h9-10,12H,6-8,11H2,1-5H3,(H,19,20). The third-order valence-electron chi connectivity index (χ3n) is 2.93. The predicted octanol–water partition coefficient (Wildman–Crippen LogP) is 2.56. The highest BCUT2D eigenvalue weighted by Gasteiger charge is 2.19. The molecule has 0 atom stereocenters. The molecule has 0 unspecified atom stereocenters. The average molecular weight is 353 g/mol. The fraction of sp³-hybridized carbons (Fsp3) is 0.556. The summed E-state index contributed by atoms with van der Waals surface area (Å²) in [6, 6.07) is 3.03. The Kier molecular flexibility index (Phi) is 8.60. The number of amides is 1. The lowest BCUT2D eigenvalue weighted by atomic mass is 10.2. The number of hydrogen-bond donors (Lipinski definition) is 1. The van der Waals surface area contributed by atoms with Crippen molar-refractivity contribution in [2.45, 2.75) is 40.7 Å². The summed E-state index contributed by atoms with van der Waals surface area (Å²) in [6.07, 6.45) is 0. The molecule has 0 bridgehead atoms. The van der Waals surface area contributed by atoms with Gasteiger partial charge >= 0.3 is 5.97 Å². The number of carbonyl (C=O) groups excluding carboxylic acids is 2. The van der Waals surface area contributed by atoms with E-state index in [9.17, 15) is 9.59 Å². The SMILES string of the molecule is CCOc1cc(C(=O)OCC(=O)NC(C)C)cc(OCC)c1OCC. The summed E-state index contributed by atoms with van der Waals surface area (Å²) in [4.78, 5) is 23.9. The van der Waals surface area contributed by atoms with Gasteiger partial charge < -0.3 is 24.3 Å². The highest BCUT2D eigenvalue weighted by atomic mass is 16.5. The van der Waals surface area contributed by atoms with Crippen LogP contribution in [0.4, 0.5) is 0 Å². The molecule has 1 N–H and O–H groups in total. The van der Waals surface area contributed by atoms with Crippen molar-refractivity contribution in [1.29, 1.82) is 0 Å². The maximum Gasteiger partial charge on any atom is 0.338 e. The maximum absolute atomic E-state index is 12.3. The molecule has 0 saturated heterocycles. The van der Waals surface area contributed by atoms with Gasteiger partial charge in [-0.2, -0.15) is 0 Å². The van der Waals surface area contributed by atoms with Crippen molar-refractivity contribution in [3.05, 3.63) is 17.7 Å². The summed E-state index contributed by atoms with van der Waals surface area (Å²) < 4.78 is 21.7. The molecule has 0 saturated carbocycles. The zero-order chi connectivity index (χ0) is 18.8. The van der Waals surface area contributed by atoms with Crippen molar-refractivity contribution >= 4 is 11.9 Å². The smallest absolute Gasteiger partial charge is 0.338 e. The molecule has 0 heterocycles. The third kappa shape index (κ3) is 6.52. The van der Waals surface area contributed by atoms with E-state index in [1.54, 1.807) is 0 Å². The molecule has 0 aliphatic heterocycles. The van der Waals surface area contributed by atoms with Crippen molar-refractivity contribution in [3.8, 4) is 17.2 Å². The van der Waals surface area contributed by atoms with Crippen LogP contribution in [0.5, 0.6) is 17.2 Å². The van der Waals surface area contributed by atoms with Gasteiger partial charge in [-0.3, -0.25) is 4.79 Å². The Hall–Kier alpha value is -2.44. The van der Waals surface area contributed by atoms with Gasteiger partial charge in [0, 0.05) is 6.04 Å². The highest BCUT2D eigenvalue weighted by molar-refractivity contribution is 5.92. The second-order valence-electron chi connectivity index (χ2n) is 5.40. The molecule has 25 heavy (non-hydrogen) atoms. The Morgan fingerprint density at radius 1 is 0.960 bits per heavy atom. The largest absolute Gasteiger partial charge is 0.490 e. The average Bonchev–Trinajstić information content (AvgIpc) is 2.55. The van der Waals surface area contributed by atoms with Crippen molar-refractivity contribution in [3.63, 3.8) is 0 Å². The van der Waals surface area contributed by atoms with Gasteiger partial charge in [0.2, 0.25) is 5.75 Å². The van der Waals surface area contributed by atoms with E-state index in [-0.39, 0.29) is 24.1 Å². The molecule has 0 fully saturated rings. The van der Waals surface area contributed by atoms with Crippen LogP contribution in [-0.4, -0.2) is 44.3 Å². The van der Waals surface area contributed by atoms with Gasteiger partial charge in [-0.05, 0) is 46.8 Å². The second-order valence-corrected chi connectivity index (χ2v) is 5.40. The summed E-state index contributed by atoms with van der Waals surface area (Å²) in [6.45, 7) is 10.1. The quantitative estimate of drug-likeness (QED) is 0.651. The molecule has 1 amide bonds. The Balaban J connectivity index is 3.01. The van der Waals surface area contributed by atoms with Crippen LogP contribution in [0.1, 0.15) is 45.0 Å². The molecule has 140 valence electrons. The van der Waals surface area contributed by atoms with Gasteiger partial charge in [0.25, 0.3) is 5.91 Å². The molecule has 0 spiro atoms. The number of carbonyl (C=O) groups is 2. The molecule has 1 aromatic rings. The van der Waals surface area contributed by atoms with Gasteiger partial charge in [0.05, 0.1) is 25.4 Å². The lowest BCUT2D eigenvalue weighted by Gasteiger charge is -2.17. The molecular formula is C18H27NO6. The van der Waals surface area contributed by atoms with Crippen LogP contribution in [0.3, 0.4) is 0 Å². The zero-order valence-corrected chi connectivity index (χ0v) is 15.5. The first kappa shape index (κ1) is 20.6. The minimum atomic E-state index is -0.635. The van der Waals surface area contributed by atoms with Crippen molar-refractivity contribution in [2.24, 2.45) is 0 Å². The summed E-state index contributed by atoms with van der Waals surface area (Å²) in [5.74, 6) is 0.247. The van der Waals surface area contributed by atoms with E-state index < -0.39 is 5.97 Å². The Morgan fingerprint density at radius 2 is 1.48 bits per heavy atom. The molecule has 0 aliphatic rings. The van der Waals surface area contributed by atoms with E-state index in [0.717, 1.165) is 0 Å². The fourth-order valence-electron chi connectivity index (χ4n) is 2.08. The maximum atomic E-state index is 12.3. The zero-order valence-electron chi connectivity index (χ0n) is 15.5. The normalized spacial score (nSPS) is 10.3. The van der Waals surface area contributed by atoms with Crippen LogP contribution < -0.4 is 19.5 Å². The first-order valence-corrected chi connectivity index (χ1v) is 8.45. The summed E-state index contributed by atoms with van der Waals surface area (Å²) in [5, 5.41) is 2.65. The van der Waals surface area contributed by atoms with Crippen LogP contribution >= 0.6 is 0 Å². The third-order valence-corrected chi connectivity index (χ3v) is 2.93. The van der Waals surface area contributed by atoms with Crippen LogP contribution in [0.25, 0.3) is 0 Å². The first-order valence-electron chi connectivity index (χ1n) is 8.45. The van der Waals surface area contributed by atoms with Gasteiger partial charge in [-0.15, -0.1) is 0 Å². The Morgan fingerprint density at radius 3 is 1.92 bits per heavy atom. The monoisotopic (exact) mass is 353 g/mol. The van der Waals surface area contributed by atoms with E-state index >= 15 is 0 Å². The summed E-state index contributed by atoms with van der Waals surface area (Å²) >= 11 is 0. The molecule has 7 nitrogen and oxygen atoms in total. The molecule has 1 aromatic carbocycles. The minimum Gasteiger partial charge on any atom is -0.490 e. The Labute approximate surface area is 148 Å². The highest BCUT2D eigenvalue weighted by Crippen LogP contribution is 2.39. The minimum absolute atomic E-state index is 0.0224. The summed E-state index contributed by atoms with van der Waals surface area (Å²) in [5.41, 5.74) is 0.229. The molecule has 0 aromatic heterocycles. The van der Waals surface area contributed by atoms with E-state index in [1.807, 2.05) is 34.6 Å². The number of nitrogens with one attached hydrogen (secondary N) is 1. The van der Waals surface area contributed by atoms with Crippen molar-refractivity contribution in [1.82, 2.24) is 5.32 Å². The second kappa shape index (κ2) is 10.4. The van der Waals surface area contributed by atoms with Crippen LogP contribution in [0.15, 0.2) is 12.1 Å². The van der Waals surface area contributed by atoms with Crippen LogP contribution in [-0.2, 0) is 9.53 Å². The van der Waals surface area contributed by atoms with Crippen molar-refractivity contribution < 1.29 is 28.5 Å². The number of benzene rings is 1. The topological polar surface area (TPSA) is 83.1 Å². The number of rotatable bonds is 10. The molecule has 1 rings (SSSR count). The molecule has 0 radical (unpaired) electrons. The predicted molar refractivity (Wildman–Crippen MR) is 93.5 cm³/mol. The number of hydrogen-bond acceptors (Lipinski definition) is 6. The van der Waals surface area contributed by atoms with E-state index in [2.05, 4.69) is 5.32 Å². The van der Waals surface area contributed by atoms with Gasteiger partial charge in [-0.1, -0.05) is 0 Å². The first-order chi connectivity index (χ1) is 11.9. The molecular weight excluding hydrogens is 326 g/mol. The lowest BCUT2D eigenvalue weighted by Crippen LogP contribution is -2.34. The van der Waals surface area contributed by atoms with Gasteiger partial charge in [0.1, 0.15) is 0 Å². The van der Waals surface area contributed by atoms with Gasteiger partial charge in [0.15, 0.2) is 18.1 Å². The molecule has 7 heteroatoms. The van der Waals surface area contributed by atoms with Crippen molar-refractivity contribution in [2.75, 3.05) is 26.4 Å². The van der Waals surface area contributed by atoms with E-state index in [4.69, 9.17) is 18.9 Å². The van der Waals surface area contributed by atoms with Crippen LogP contribution in [0, 0.1) is 0 Å².